The molecule has 7 nitrogen and oxygen atoms in total. The number of carbonyl (C=O) groups is 2. The van der Waals surface area contributed by atoms with Crippen LogP contribution in [0.5, 0.6) is 0 Å². The van der Waals surface area contributed by atoms with Crippen LogP contribution in [0.1, 0.15) is 25.2 Å². The van der Waals surface area contributed by atoms with Crippen LogP contribution in [-0.2, 0) is 14.3 Å². The summed E-state index contributed by atoms with van der Waals surface area (Å²) >= 11 is 0. The summed E-state index contributed by atoms with van der Waals surface area (Å²) in [7, 11) is 0. The van der Waals surface area contributed by atoms with Crippen molar-refractivity contribution in [3.63, 3.8) is 0 Å². The van der Waals surface area contributed by atoms with E-state index in [0.717, 1.165) is 5.52 Å². The fourth-order valence-corrected chi connectivity index (χ4v) is 2.89. The maximum absolute atomic E-state index is 12.6. The fraction of sp³-hybridized carbons (Fsp3) is 0.389. The van der Waals surface area contributed by atoms with Gasteiger partial charge in [0.05, 0.1) is 6.42 Å². The Labute approximate surface area is 144 Å². The zero-order valence-corrected chi connectivity index (χ0v) is 13.8. The number of aliphatic carboxylic acids is 1. The molecule has 2 aromatic rings. The molecule has 2 heterocycles. The average molecular weight is 344 g/mol. The molecule has 7 heteroatoms. The van der Waals surface area contributed by atoms with Crippen molar-refractivity contribution in [2.75, 3.05) is 19.8 Å². The lowest BCUT2D eigenvalue weighted by molar-refractivity contribution is -0.138. The molecule has 1 aliphatic rings. The number of oxazole rings is 1. The van der Waals surface area contributed by atoms with Crippen molar-refractivity contribution >= 4 is 29.1 Å². The average Bonchev–Trinajstić information content (AvgIpc) is 3.04. The minimum absolute atomic E-state index is 0.00566. The van der Waals surface area contributed by atoms with Crippen LogP contribution in [0.15, 0.2) is 34.8 Å². The first-order valence-electron chi connectivity index (χ1n) is 8.27. The van der Waals surface area contributed by atoms with Crippen molar-refractivity contribution in [3.05, 3.63) is 36.2 Å². The van der Waals surface area contributed by atoms with E-state index in [1.807, 2.05) is 24.3 Å². The van der Waals surface area contributed by atoms with Gasteiger partial charge in [-0.25, -0.2) is 4.98 Å². The van der Waals surface area contributed by atoms with E-state index in [1.165, 1.54) is 12.2 Å². The van der Waals surface area contributed by atoms with Gasteiger partial charge in [0, 0.05) is 38.0 Å². The number of hydrogen-bond acceptors (Lipinski definition) is 5. The molecular weight excluding hydrogens is 324 g/mol. The second kappa shape index (κ2) is 7.94. The van der Waals surface area contributed by atoms with E-state index in [4.69, 9.17) is 14.3 Å². The van der Waals surface area contributed by atoms with E-state index in [9.17, 15) is 9.59 Å². The molecule has 1 amide bonds. The van der Waals surface area contributed by atoms with Gasteiger partial charge in [-0.2, -0.15) is 0 Å². The molecule has 1 aromatic carbocycles. The third kappa shape index (κ3) is 4.45. The first-order valence-corrected chi connectivity index (χ1v) is 8.27. The summed E-state index contributed by atoms with van der Waals surface area (Å²) in [6, 6.07) is 7.35. The Hall–Kier alpha value is -2.67. The van der Waals surface area contributed by atoms with Crippen LogP contribution in [-0.4, -0.2) is 52.7 Å². The second-order valence-corrected chi connectivity index (χ2v) is 5.87. The van der Waals surface area contributed by atoms with Crippen LogP contribution in [0.25, 0.3) is 17.2 Å². The number of fused-ring (bicyclic) bond motifs is 1. The summed E-state index contributed by atoms with van der Waals surface area (Å²) in [4.78, 5) is 29.4. The topological polar surface area (TPSA) is 92.9 Å². The molecule has 0 spiro atoms. The summed E-state index contributed by atoms with van der Waals surface area (Å²) in [5.41, 5.74) is 1.38. The molecule has 0 saturated carbocycles. The minimum Gasteiger partial charge on any atom is -0.481 e. The molecule has 1 N–H and O–H groups in total. The molecule has 0 bridgehead atoms. The molecule has 1 aliphatic heterocycles. The predicted octanol–water partition coefficient (Wildman–Crippen LogP) is 2.32. The Morgan fingerprint density at radius 2 is 2.04 bits per heavy atom. The predicted molar refractivity (Wildman–Crippen MR) is 90.8 cm³/mol. The smallest absolute Gasteiger partial charge is 0.305 e. The Morgan fingerprint density at radius 1 is 1.28 bits per heavy atom. The largest absolute Gasteiger partial charge is 0.481 e. The fourth-order valence-electron chi connectivity index (χ4n) is 2.89. The Bertz CT molecular complexity index is 744. The third-order valence-electron chi connectivity index (χ3n) is 4.16. The van der Waals surface area contributed by atoms with E-state index in [1.54, 1.807) is 4.90 Å². The van der Waals surface area contributed by atoms with E-state index in [-0.39, 0.29) is 24.9 Å². The van der Waals surface area contributed by atoms with Crippen LogP contribution in [0.4, 0.5) is 0 Å². The molecule has 1 aromatic heterocycles. The normalized spacial score (nSPS) is 15.7. The van der Waals surface area contributed by atoms with Crippen LogP contribution >= 0.6 is 0 Å². The van der Waals surface area contributed by atoms with Crippen molar-refractivity contribution in [1.29, 1.82) is 0 Å². The summed E-state index contributed by atoms with van der Waals surface area (Å²) in [5, 5.41) is 8.93. The van der Waals surface area contributed by atoms with E-state index >= 15 is 0 Å². The number of rotatable bonds is 6. The lowest BCUT2D eigenvalue weighted by Crippen LogP contribution is -2.43. The van der Waals surface area contributed by atoms with Gasteiger partial charge in [-0.1, -0.05) is 12.1 Å². The zero-order valence-electron chi connectivity index (χ0n) is 13.8. The minimum atomic E-state index is -0.923. The number of carboxylic acid groups (broad SMARTS) is 1. The molecule has 1 fully saturated rings. The summed E-state index contributed by atoms with van der Waals surface area (Å²) < 4.78 is 10.9. The number of ether oxygens (including phenoxy) is 1. The Balaban J connectivity index is 1.72. The number of nitrogens with zero attached hydrogens (tertiary/aromatic N) is 2. The van der Waals surface area contributed by atoms with Crippen LogP contribution < -0.4 is 0 Å². The molecule has 3 rings (SSSR count). The van der Waals surface area contributed by atoms with E-state index < -0.39 is 5.97 Å². The molecule has 0 radical (unpaired) electrons. The highest BCUT2D eigenvalue weighted by Gasteiger charge is 2.25. The van der Waals surface area contributed by atoms with Crippen molar-refractivity contribution in [1.82, 2.24) is 9.88 Å². The quantitative estimate of drug-likeness (QED) is 0.809. The van der Waals surface area contributed by atoms with Gasteiger partial charge in [0.2, 0.25) is 11.8 Å². The molecule has 0 unspecified atom stereocenters. The number of hydrogen-bond donors (Lipinski definition) is 1. The Kier molecular flexibility index (Phi) is 5.45. The van der Waals surface area contributed by atoms with Crippen LogP contribution in [0.2, 0.25) is 0 Å². The van der Waals surface area contributed by atoms with Gasteiger partial charge in [-0.15, -0.1) is 0 Å². The Morgan fingerprint density at radius 3 is 2.76 bits per heavy atom. The molecule has 0 atom stereocenters. The lowest BCUT2D eigenvalue weighted by atomic mass is 10.1. The second-order valence-electron chi connectivity index (χ2n) is 5.87. The summed E-state index contributed by atoms with van der Waals surface area (Å²) in [5.74, 6) is -0.817. The van der Waals surface area contributed by atoms with Crippen molar-refractivity contribution in [2.45, 2.75) is 25.3 Å². The van der Waals surface area contributed by atoms with Gasteiger partial charge in [0.1, 0.15) is 5.52 Å². The number of carbonyl (C=O) groups excluding carboxylic acids is 1. The SMILES string of the molecule is O=C(O)CCN(C(=O)C=Cc1nc2ccccc2o1)C1CCOCC1. The molecule has 132 valence electrons. The van der Waals surface area contributed by atoms with Gasteiger partial charge in [0.15, 0.2) is 5.58 Å². The zero-order chi connectivity index (χ0) is 17.6. The number of aromatic nitrogens is 1. The van der Waals surface area contributed by atoms with Gasteiger partial charge >= 0.3 is 5.97 Å². The highest BCUT2D eigenvalue weighted by molar-refractivity contribution is 5.92. The van der Waals surface area contributed by atoms with Crippen molar-refractivity contribution in [3.8, 4) is 0 Å². The van der Waals surface area contributed by atoms with E-state index in [0.29, 0.717) is 37.5 Å². The number of benzene rings is 1. The molecular formula is C18H20N2O5. The van der Waals surface area contributed by atoms with Gasteiger partial charge in [-0.3, -0.25) is 9.59 Å². The van der Waals surface area contributed by atoms with Gasteiger partial charge in [-0.05, 0) is 25.0 Å². The maximum atomic E-state index is 12.6. The molecule has 25 heavy (non-hydrogen) atoms. The highest BCUT2D eigenvalue weighted by Crippen LogP contribution is 2.18. The number of para-hydroxylation sites is 2. The van der Waals surface area contributed by atoms with Gasteiger partial charge < -0.3 is 19.2 Å². The van der Waals surface area contributed by atoms with Crippen LogP contribution in [0.3, 0.4) is 0 Å². The van der Waals surface area contributed by atoms with Crippen LogP contribution in [0, 0.1) is 0 Å². The molecule has 1 saturated heterocycles. The first-order chi connectivity index (χ1) is 12.1. The van der Waals surface area contributed by atoms with E-state index in [2.05, 4.69) is 4.98 Å². The lowest BCUT2D eigenvalue weighted by Gasteiger charge is -2.33. The first kappa shape index (κ1) is 17.2. The summed E-state index contributed by atoms with van der Waals surface area (Å²) in [6.07, 6.45) is 4.25. The van der Waals surface area contributed by atoms with Crippen molar-refractivity contribution < 1.29 is 23.8 Å². The molecule has 0 aliphatic carbocycles. The monoisotopic (exact) mass is 344 g/mol. The van der Waals surface area contributed by atoms with Gasteiger partial charge in [0.25, 0.3) is 0 Å². The summed E-state index contributed by atoms with van der Waals surface area (Å²) in [6.45, 7) is 1.34. The highest BCUT2D eigenvalue weighted by atomic mass is 16.5. The standard InChI is InChI=1S/C18H20N2O5/c21-17(6-5-16-19-14-3-1-2-4-15(14)25-16)20(10-7-18(22)23)13-8-11-24-12-9-13/h1-6,13H,7-12H2,(H,22,23). The number of carboxylic acids is 1. The third-order valence-corrected chi connectivity index (χ3v) is 4.16. The maximum Gasteiger partial charge on any atom is 0.305 e. The van der Waals surface area contributed by atoms with Crippen molar-refractivity contribution in [2.24, 2.45) is 0 Å². The number of amides is 1.